The second-order valence-electron chi connectivity index (χ2n) is 6.22. The third kappa shape index (κ3) is 4.12. The smallest absolute Gasteiger partial charge is 0.254 e. The van der Waals surface area contributed by atoms with Crippen LogP contribution in [0.3, 0.4) is 0 Å². The minimum atomic E-state index is -3.77. The molecule has 0 saturated carbocycles. The molecule has 0 radical (unpaired) electrons. The fourth-order valence-corrected chi connectivity index (χ4v) is 4.06. The molecule has 1 amide bonds. The molecule has 0 spiro atoms. The lowest BCUT2D eigenvalue weighted by molar-refractivity contribution is 0.0302. The summed E-state index contributed by atoms with van der Waals surface area (Å²) in [6.45, 7) is 3.75. The average molecular weight is 378 g/mol. The topological polar surface area (TPSA) is 93.5 Å². The zero-order chi connectivity index (χ0) is 18.7. The molecule has 1 aromatic heterocycles. The van der Waals surface area contributed by atoms with Crippen LogP contribution in [0.2, 0.25) is 0 Å². The van der Waals surface area contributed by atoms with Gasteiger partial charge in [0.25, 0.3) is 5.91 Å². The van der Waals surface area contributed by atoms with Crippen molar-refractivity contribution in [1.29, 1.82) is 0 Å². The first kappa shape index (κ1) is 18.6. The monoisotopic (exact) mass is 378 g/mol. The van der Waals surface area contributed by atoms with Gasteiger partial charge in [0.05, 0.1) is 24.3 Å². The minimum absolute atomic E-state index is 0.0624. The van der Waals surface area contributed by atoms with Crippen LogP contribution >= 0.6 is 0 Å². The normalized spacial score (nSPS) is 16.5. The Hall–Kier alpha value is -2.23. The van der Waals surface area contributed by atoms with Crippen LogP contribution in [0.25, 0.3) is 0 Å². The molecule has 1 N–H and O–H groups in total. The van der Waals surface area contributed by atoms with Crippen molar-refractivity contribution in [3.05, 3.63) is 47.8 Å². The molecular formula is C17H22N4O4S. The van der Waals surface area contributed by atoms with E-state index in [0.717, 1.165) is 5.56 Å². The molecule has 1 aliphatic heterocycles. The number of aryl methyl sites for hydroxylation is 1. The maximum atomic E-state index is 12.7. The molecule has 1 fully saturated rings. The first-order chi connectivity index (χ1) is 12.4. The number of aromatic nitrogens is 2. The van der Waals surface area contributed by atoms with Crippen LogP contribution in [-0.4, -0.2) is 55.3 Å². The van der Waals surface area contributed by atoms with Crippen LogP contribution in [0.1, 0.15) is 28.9 Å². The summed E-state index contributed by atoms with van der Waals surface area (Å²) in [4.78, 5) is 14.3. The molecule has 2 heterocycles. The third-order valence-corrected chi connectivity index (χ3v) is 5.78. The van der Waals surface area contributed by atoms with Crippen molar-refractivity contribution >= 4 is 15.9 Å². The van der Waals surface area contributed by atoms with Crippen LogP contribution in [0.4, 0.5) is 0 Å². The summed E-state index contributed by atoms with van der Waals surface area (Å²) >= 11 is 0. The summed E-state index contributed by atoms with van der Waals surface area (Å²) in [5, 5.41) is 4.05. The van der Waals surface area contributed by atoms with Crippen molar-refractivity contribution in [2.75, 3.05) is 26.3 Å². The lowest BCUT2D eigenvalue weighted by Crippen LogP contribution is -2.40. The van der Waals surface area contributed by atoms with Gasteiger partial charge in [-0.3, -0.25) is 9.48 Å². The van der Waals surface area contributed by atoms with Crippen molar-refractivity contribution in [3.63, 3.8) is 0 Å². The third-order valence-electron chi connectivity index (χ3n) is 4.25. The number of morpholine rings is 1. The summed E-state index contributed by atoms with van der Waals surface area (Å²) < 4.78 is 34.9. The molecule has 2 aromatic rings. The quantitative estimate of drug-likeness (QED) is 0.835. The van der Waals surface area contributed by atoms with Gasteiger partial charge in [-0.05, 0) is 25.1 Å². The molecular weight excluding hydrogens is 356 g/mol. The molecule has 1 aromatic carbocycles. The Labute approximate surface area is 152 Å². The highest BCUT2D eigenvalue weighted by molar-refractivity contribution is 7.89. The van der Waals surface area contributed by atoms with Gasteiger partial charge in [-0.2, -0.15) is 5.10 Å². The van der Waals surface area contributed by atoms with Gasteiger partial charge in [-0.25, -0.2) is 13.1 Å². The van der Waals surface area contributed by atoms with Gasteiger partial charge in [0.2, 0.25) is 10.0 Å². The van der Waals surface area contributed by atoms with E-state index >= 15 is 0 Å². The van der Waals surface area contributed by atoms with E-state index in [0.29, 0.717) is 31.9 Å². The number of hydrogen-bond acceptors (Lipinski definition) is 5. The van der Waals surface area contributed by atoms with Crippen LogP contribution in [0.5, 0.6) is 0 Å². The van der Waals surface area contributed by atoms with Gasteiger partial charge in [-0.15, -0.1) is 0 Å². The van der Waals surface area contributed by atoms with E-state index < -0.39 is 16.1 Å². The van der Waals surface area contributed by atoms with Crippen molar-refractivity contribution in [1.82, 2.24) is 19.4 Å². The maximum Gasteiger partial charge on any atom is 0.254 e. The average Bonchev–Trinajstić information content (AvgIpc) is 3.08. The highest BCUT2D eigenvalue weighted by Gasteiger charge is 2.23. The molecule has 0 bridgehead atoms. The number of amides is 1. The molecule has 9 heteroatoms. The first-order valence-corrected chi connectivity index (χ1v) is 9.83. The fourth-order valence-electron chi connectivity index (χ4n) is 2.78. The van der Waals surface area contributed by atoms with E-state index in [1.165, 1.54) is 12.1 Å². The van der Waals surface area contributed by atoms with Crippen LogP contribution in [0, 0.1) is 0 Å². The number of hydrogen-bond donors (Lipinski definition) is 1. The summed E-state index contributed by atoms with van der Waals surface area (Å²) in [6, 6.07) is 5.66. The molecule has 140 valence electrons. The Morgan fingerprint density at radius 3 is 2.69 bits per heavy atom. The Morgan fingerprint density at radius 1 is 1.31 bits per heavy atom. The first-order valence-electron chi connectivity index (χ1n) is 8.35. The van der Waals surface area contributed by atoms with E-state index in [-0.39, 0.29) is 10.8 Å². The number of sulfonamides is 1. The summed E-state index contributed by atoms with van der Waals surface area (Å²) in [5.74, 6) is -0.189. The second-order valence-corrected chi connectivity index (χ2v) is 7.94. The Kier molecular flexibility index (Phi) is 5.40. The van der Waals surface area contributed by atoms with E-state index in [9.17, 15) is 13.2 Å². The zero-order valence-electron chi connectivity index (χ0n) is 14.8. The highest BCUT2D eigenvalue weighted by atomic mass is 32.2. The van der Waals surface area contributed by atoms with Gasteiger partial charge in [0, 0.05) is 43.5 Å². The van der Waals surface area contributed by atoms with Gasteiger partial charge >= 0.3 is 0 Å². The second kappa shape index (κ2) is 7.56. The molecule has 1 unspecified atom stereocenters. The number of carbonyl (C=O) groups excluding carboxylic acids is 1. The van der Waals surface area contributed by atoms with Gasteiger partial charge < -0.3 is 9.64 Å². The molecule has 1 aliphatic rings. The molecule has 1 atom stereocenters. The van der Waals surface area contributed by atoms with Crippen molar-refractivity contribution in [3.8, 4) is 0 Å². The summed E-state index contributed by atoms with van der Waals surface area (Å²) in [5.41, 5.74) is 1.11. The van der Waals surface area contributed by atoms with Crippen molar-refractivity contribution in [2.45, 2.75) is 17.9 Å². The Morgan fingerprint density at radius 2 is 2.04 bits per heavy atom. The molecule has 3 rings (SSSR count). The minimum Gasteiger partial charge on any atom is -0.378 e. The molecule has 8 nitrogen and oxygen atoms in total. The zero-order valence-corrected chi connectivity index (χ0v) is 15.6. The van der Waals surface area contributed by atoms with Gasteiger partial charge in [-0.1, -0.05) is 6.07 Å². The lowest BCUT2D eigenvalue weighted by atomic mass is 10.2. The number of carbonyl (C=O) groups is 1. The number of ether oxygens (including phenoxy) is 1. The predicted molar refractivity (Wildman–Crippen MR) is 95.1 cm³/mol. The van der Waals surface area contributed by atoms with E-state index in [1.807, 2.05) is 0 Å². The van der Waals surface area contributed by atoms with E-state index in [2.05, 4.69) is 9.82 Å². The van der Waals surface area contributed by atoms with Gasteiger partial charge in [0.15, 0.2) is 0 Å². The summed E-state index contributed by atoms with van der Waals surface area (Å²) in [7, 11) is -2.00. The number of benzene rings is 1. The van der Waals surface area contributed by atoms with Crippen LogP contribution in [0.15, 0.2) is 41.6 Å². The fraction of sp³-hybridized carbons (Fsp3) is 0.412. The highest BCUT2D eigenvalue weighted by Crippen LogP contribution is 2.18. The maximum absolute atomic E-state index is 12.7. The number of nitrogens with one attached hydrogen (secondary N) is 1. The molecule has 1 saturated heterocycles. The Balaban J connectivity index is 1.78. The number of nitrogens with zero attached hydrogens (tertiary/aromatic N) is 3. The van der Waals surface area contributed by atoms with Crippen molar-refractivity contribution < 1.29 is 17.9 Å². The van der Waals surface area contributed by atoms with E-state index in [1.54, 1.807) is 48.1 Å². The Bertz CT molecular complexity index is 888. The standard InChI is InChI=1S/C17H22N4O4S/c1-13(15-11-18-20(2)12-15)19-26(23,24)16-5-3-4-14(10-16)17(22)21-6-8-25-9-7-21/h3-5,10-13,19H,6-9H2,1-2H3. The van der Waals surface area contributed by atoms with Crippen molar-refractivity contribution in [2.24, 2.45) is 7.05 Å². The van der Waals surface area contributed by atoms with Crippen LogP contribution in [-0.2, 0) is 21.8 Å². The predicted octanol–water partition coefficient (Wildman–Crippen LogP) is 0.932. The summed E-state index contributed by atoms with van der Waals surface area (Å²) in [6.07, 6.45) is 3.37. The lowest BCUT2D eigenvalue weighted by Gasteiger charge is -2.27. The number of rotatable bonds is 5. The SMILES string of the molecule is CC(NS(=O)(=O)c1cccc(C(=O)N2CCOCC2)c1)c1cnn(C)c1. The van der Waals surface area contributed by atoms with Crippen LogP contribution < -0.4 is 4.72 Å². The molecule has 26 heavy (non-hydrogen) atoms. The van der Waals surface area contributed by atoms with Gasteiger partial charge in [0.1, 0.15) is 0 Å². The van der Waals surface area contributed by atoms with E-state index in [4.69, 9.17) is 4.74 Å². The largest absolute Gasteiger partial charge is 0.378 e. The molecule has 0 aliphatic carbocycles.